The van der Waals surface area contributed by atoms with Crippen molar-refractivity contribution >= 4 is 0 Å². The van der Waals surface area contributed by atoms with E-state index in [9.17, 15) is 5.11 Å². The normalized spacial score (nSPS) is 52.6. The maximum Gasteiger partial charge on any atom is 0.190 e. The monoisotopic (exact) mass is 274 g/mol. The lowest BCUT2D eigenvalue weighted by atomic mass is 10.1. The van der Waals surface area contributed by atoms with Crippen LogP contribution >= 0.6 is 0 Å². The minimum absolute atomic E-state index is 0.291. The molecule has 6 atom stereocenters. The second-order valence-corrected chi connectivity index (χ2v) is 6.01. The zero-order valence-electron chi connectivity index (χ0n) is 11.8. The highest BCUT2D eigenvalue weighted by Gasteiger charge is 2.58. The second kappa shape index (κ2) is 4.38. The van der Waals surface area contributed by atoms with E-state index in [1.165, 1.54) is 0 Å². The van der Waals surface area contributed by atoms with Gasteiger partial charge in [0.15, 0.2) is 17.9 Å². The molecule has 6 nitrogen and oxygen atoms in total. The van der Waals surface area contributed by atoms with Gasteiger partial charge in [0, 0.05) is 0 Å². The number of fused-ring (bicyclic) bond motifs is 1. The third-order valence-electron chi connectivity index (χ3n) is 4.01. The van der Waals surface area contributed by atoms with E-state index in [1.807, 2.05) is 13.8 Å². The topological polar surface area (TPSA) is 66.4 Å². The zero-order valence-corrected chi connectivity index (χ0v) is 11.8. The highest BCUT2D eigenvalue weighted by atomic mass is 16.8. The predicted molar refractivity (Wildman–Crippen MR) is 64.2 cm³/mol. The lowest BCUT2D eigenvalue weighted by Crippen LogP contribution is -2.42. The van der Waals surface area contributed by atoms with Gasteiger partial charge < -0.3 is 28.8 Å². The van der Waals surface area contributed by atoms with E-state index in [-0.39, 0.29) is 6.10 Å². The van der Waals surface area contributed by atoms with Gasteiger partial charge in [0.1, 0.15) is 24.4 Å². The molecule has 0 aromatic rings. The quantitative estimate of drug-likeness (QED) is 0.802. The highest BCUT2D eigenvalue weighted by molar-refractivity contribution is 4.97. The zero-order chi connectivity index (χ0) is 13.8. The molecule has 3 heterocycles. The summed E-state index contributed by atoms with van der Waals surface area (Å²) in [4.78, 5) is 0. The molecule has 0 radical (unpaired) electrons. The predicted octanol–water partition coefficient (Wildman–Crippen LogP) is 0.765. The van der Waals surface area contributed by atoms with Gasteiger partial charge in [-0.1, -0.05) is 6.92 Å². The summed E-state index contributed by atoms with van der Waals surface area (Å²) in [5.41, 5.74) is 0. The minimum Gasteiger partial charge on any atom is -0.387 e. The molecule has 0 saturated carbocycles. The maximum atomic E-state index is 10.3. The number of aliphatic hydroxyl groups excluding tert-OH is 1. The Hall–Kier alpha value is -0.240. The van der Waals surface area contributed by atoms with Crippen LogP contribution in [0.5, 0.6) is 0 Å². The van der Waals surface area contributed by atoms with Crippen LogP contribution in [0.3, 0.4) is 0 Å². The highest BCUT2D eigenvalue weighted by Crippen LogP contribution is 2.40. The van der Waals surface area contributed by atoms with Gasteiger partial charge in [0.05, 0.1) is 6.61 Å². The molecule has 0 aromatic heterocycles. The summed E-state index contributed by atoms with van der Waals surface area (Å²) in [5.74, 6) is -1.31. The molecule has 0 bridgehead atoms. The summed E-state index contributed by atoms with van der Waals surface area (Å²) in [6.45, 7) is 7.91. The largest absolute Gasteiger partial charge is 0.387 e. The van der Waals surface area contributed by atoms with E-state index in [0.717, 1.165) is 6.42 Å². The van der Waals surface area contributed by atoms with Gasteiger partial charge in [-0.05, 0) is 27.2 Å². The van der Waals surface area contributed by atoms with Crippen LogP contribution in [0.2, 0.25) is 0 Å². The smallest absolute Gasteiger partial charge is 0.190 e. The summed E-state index contributed by atoms with van der Waals surface area (Å²) >= 11 is 0. The van der Waals surface area contributed by atoms with E-state index in [4.69, 9.17) is 23.7 Å². The van der Waals surface area contributed by atoms with Crippen molar-refractivity contribution in [3.05, 3.63) is 0 Å². The third kappa shape index (κ3) is 2.30. The molecule has 3 saturated heterocycles. The summed E-state index contributed by atoms with van der Waals surface area (Å²) < 4.78 is 28.5. The first kappa shape index (κ1) is 13.7. The number of ether oxygens (including phenoxy) is 5. The maximum absolute atomic E-state index is 10.3. The Kier molecular flexibility index (Phi) is 3.16. The van der Waals surface area contributed by atoms with Crippen molar-refractivity contribution in [3.8, 4) is 0 Å². The Morgan fingerprint density at radius 1 is 1.11 bits per heavy atom. The van der Waals surface area contributed by atoms with Crippen molar-refractivity contribution in [2.45, 2.75) is 76.4 Å². The third-order valence-corrected chi connectivity index (χ3v) is 4.01. The molecule has 6 heteroatoms. The van der Waals surface area contributed by atoms with E-state index < -0.39 is 36.2 Å². The van der Waals surface area contributed by atoms with Crippen LogP contribution in [0.25, 0.3) is 0 Å². The van der Waals surface area contributed by atoms with Gasteiger partial charge in [-0.15, -0.1) is 0 Å². The van der Waals surface area contributed by atoms with E-state index in [0.29, 0.717) is 6.61 Å². The van der Waals surface area contributed by atoms with Gasteiger partial charge in [-0.2, -0.15) is 0 Å². The van der Waals surface area contributed by atoms with Gasteiger partial charge in [-0.25, -0.2) is 0 Å². The molecular weight excluding hydrogens is 252 g/mol. The molecule has 3 rings (SSSR count). The second-order valence-electron chi connectivity index (χ2n) is 6.01. The fraction of sp³-hybridized carbons (Fsp3) is 1.00. The first-order chi connectivity index (χ1) is 8.84. The van der Waals surface area contributed by atoms with Gasteiger partial charge in [0.25, 0.3) is 0 Å². The molecule has 0 amide bonds. The van der Waals surface area contributed by atoms with E-state index >= 15 is 0 Å². The van der Waals surface area contributed by atoms with Crippen LogP contribution in [0.15, 0.2) is 0 Å². The van der Waals surface area contributed by atoms with Crippen LogP contribution in [0.1, 0.15) is 34.1 Å². The van der Waals surface area contributed by atoms with Crippen molar-refractivity contribution in [1.82, 2.24) is 0 Å². The van der Waals surface area contributed by atoms with Crippen molar-refractivity contribution in [2.24, 2.45) is 0 Å². The number of aliphatic hydroxyl groups is 1. The molecule has 19 heavy (non-hydrogen) atoms. The SMILES string of the molecule is CCC1(C)OC[C@H](C2OC3OC(C)(C)O[C@@H]3[C@@H]2O)O1. The molecule has 3 unspecified atom stereocenters. The molecule has 0 spiro atoms. The summed E-state index contributed by atoms with van der Waals surface area (Å²) in [6, 6.07) is 0. The summed E-state index contributed by atoms with van der Waals surface area (Å²) in [7, 11) is 0. The molecule has 110 valence electrons. The molecule has 3 aliphatic heterocycles. The van der Waals surface area contributed by atoms with Crippen molar-refractivity contribution < 1.29 is 28.8 Å². The fourth-order valence-corrected chi connectivity index (χ4v) is 2.82. The molecule has 0 aromatic carbocycles. The van der Waals surface area contributed by atoms with Crippen molar-refractivity contribution in [1.29, 1.82) is 0 Å². The average Bonchev–Trinajstić information content (AvgIpc) is 2.94. The molecule has 0 aliphatic carbocycles. The van der Waals surface area contributed by atoms with Gasteiger partial charge >= 0.3 is 0 Å². The molecule has 3 aliphatic rings. The lowest BCUT2D eigenvalue weighted by Gasteiger charge is -2.27. The average molecular weight is 274 g/mol. The summed E-state index contributed by atoms with van der Waals surface area (Å²) in [6.07, 6.45) is -1.77. The van der Waals surface area contributed by atoms with Gasteiger partial charge in [0.2, 0.25) is 0 Å². The van der Waals surface area contributed by atoms with Crippen LogP contribution in [-0.2, 0) is 23.7 Å². The van der Waals surface area contributed by atoms with Crippen LogP contribution < -0.4 is 0 Å². The Morgan fingerprint density at radius 3 is 2.42 bits per heavy atom. The van der Waals surface area contributed by atoms with Crippen molar-refractivity contribution in [2.75, 3.05) is 6.61 Å². The standard InChI is InChI=1S/C13H22O6/c1-5-13(4)15-6-7(17-13)9-8(14)10-11(16-9)19-12(2,3)18-10/h7-11,14H,5-6H2,1-4H3/t7-,8-,9?,10-,11?,13?/m1/s1. The van der Waals surface area contributed by atoms with E-state index in [2.05, 4.69) is 0 Å². The summed E-state index contributed by atoms with van der Waals surface area (Å²) in [5, 5.41) is 10.3. The van der Waals surface area contributed by atoms with Gasteiger partial charge in [-0.3, -0.25) is 0 Å². The fourth-order valence-electron chi connectivity index (χ4n) is 2.82. The van der Waals surface area contributed by atoms with Crippen LogP contribution in [-0.4, -0.2) is 54.0 Å². The Morgan fingerprint density at radius 2 is 1.84 bits per heavy atom. The lowest BCUT2D eigenvalue weighted by molar-refractivity contribution is -0.234. The first-order valence-electron chi connectivity index (χ1n) is 6.84. The Labute approximate surface area is 112 Å². The van der Waals surface area contributed by atoms with Crippen LogP contribution in [0.4, 0.5) is 0 Å². The number of hydrogen-bond acceptors (Lipinski definition) is 6. The molecular formula is C13H22O6. The minimum atomic E-state index is -0.764. The van der Waals surface area contributed by atoms with E-state index in [1.54, 1.807) is 13.8 Å². The molecule has 1 N–H and O–H groups in total. The Balaban J connectivity index is 1.67. The van der Waals surface area contributed by atoms with Crippen LogP contribution in [0, 0.1) is 0 Å². The Bertz CT molecular complexity index is 359. The molecule has 3 fully saturated rings. The van der Waals surface area contributed by atoms with Crippen molar-refractivity contribution in [3.63, 3.8) is 0 Å². The number of hydrogen-bond donors (Lipinski definition) is 1. The number of rotatable bonds is 2. The first-order valence-corrected chi connectivity index (χ1v) is 6.84.